The fourth-order valence-corrected chi connectivity index (χ4v) is 1.39. The molecule has 0 saturated heterocycles. The number of halogens is 2. The zero-order valence-electron chi connectivity index (χ0n) is 8.89. The van der Waals surface area contributed by atoms with E-state index in [0.29, 0.717) is 0 Å². The lowest BCUT2D eigenvalue weighted by atomic mass is 10.1. The average Bonchev–Trinajstić information content (AvgIpc) is 2.63. The van der Waals surface area contributed by atoms with Crippen molar-refractivity contribution in [2.75, 3.05) is 0 Å². The molecule has 0 radical (unpaired) electrons. The zero-order valence-corrected chi connectivity index (χ0v) is 8.89. The normalized spacial score (nSPS) is 10.5. The highest BCUT2D eigenvalue weighted by molar-refractivity contribution is 5.97. The highest BCUT2D eigenvalue weighted by Crippen LogP contribution is 2.14. The summed E-state index contributed by atoms with van der Waals surface area (Å²) >= 11 is 0. The van der Waals surface area contributed by atoms with E-state index in [1.165, 1.54) is 17.9 Å². The van der Waals surface area contributed by atoms with Gasteiger partial charge in [0.15, 0.2) is 11.6 Å². The number of carbonyl (C=O) groups is 1. The van der Waals surface area contributed by atoms with E-state index in [9.17, 15) is 13.6 Å². The maximum absolute atomic E-state index is 13.3. The van der Waals surface area contributed by atoms with Crippen molar-refractivity contribution >= 4 is 5.78 Å². The molecule has 0 saturated carbocycles. The van der Waals surface area contributed by atoms with E-state index in [1.54, 1.807) is 0 Å². The Morgan fingerprint density at radius 3 is 2.53 bits per heavy atom. The molecule has 7 heteroatoms. The lowest BCUT2D eigenvalue weighted by Gasteiger charge is -2.01. The lowest BCUT2D eigenvalue weighted by molar-refractivity contribution is 0.0982. The van der Waals surface area contributed by atoms with Crippen LogP contribution >= 0.6 is 0 Å². The molecule has 1 heterocycles. The van der Waals surface area contributed by atoms with Crippen LogP contribution in [-0.4, -0.2) is 26.0 Å². The zero-order chi connectivity index (χ0) is 12.4. The maximum atomic E-state index is 13.3. The predicted molar refractivity (Wildman–Crippen MR) is 53.2 cm³/mol. The first-order valence-corrected chi connectivity index (χ1v) is 4.78. The molecule has 0 spiro atoms. The van der Waals surface area contributed by atoms with Crippen molar-refractivity contribution in [1.82, 2.24) is 20.2 Å². The third kappa shape index (κ3) is 2.32. The van der Waals surface area contributed by atoms with Gasteiger partial charge in [0.05, 0.1) is 19.0 Å². The van der Waals surface area contributed by atoms with E-state index in [1.807, 2.05) is 0 Å². The van der Waals surface area contributed by atoms with Crippen molar-refractivity contribution in [3.05, 3.63) is 41.2 Å². The number of carbonyl (C=O) groups excluding carboxylic acids is 1. The van der Waals surface area contributed by atoms with Gasteiger partial charge >= 0.3 is 0 Å². The minimum absolute atomic E-state index is 0.125. The van der Waals surface area contributed by atoms with E-state index in [0.717, 1.165) is 12.1 Å². The summed E-state index contributed by atoms with van der Waals surface area (Å²) in [7, 11) is 1.53. The van der Waals surface area contributed by atoms with Crippen molar-refractivity contribution in [2.24, 2.45) is 7.05 Å². The standard InChI is InChI=1S/C10H8F2N4O/c1-16-14-9(13-15-16)5-8(17)10-6(11)3-2-4-7(10)12/h2-4H,5H2,1H3. The largest absolute Gasteiger partial charge is 0.293 e. The quantitative estimate of drug-likeness (QED) is 0.746. The molecule has 0 aliphatic rings. The second-order valence-corrected chi connectivity index (χ2v) is 3.39. The number of Topliss-reactive ketones (excluding diaryl/α,β-unsaturated/α-hetero) is 1. The Morgan fingerprint density at radius 2 is 2.00 bits per heavy atom. The summed E-state index contributed by atoms with van der Waals surface area (Å²) < 4.78 is 26.6. The molecule has 0 unspecified atom stereocenters. The molecule has 1 aromatic heterocycles. The summed E-state index contributed by atoms with van der Waals surface area (Å²) in [4.78, 5) is 12.8. The average molecular weight is 238 g/mol. The van der Waals surface area contributed by atoms with Crippen LogP contribution in [0.25, 0.3) is 0 Å². The molecular weight excluding hydrogens is 230 g/mol. The summed E-state index contributed by atoms with van der Waals surface area (Å²) in [6.07, 6.45) is -0.286. The van der Waals surface area contributed by atoms with Crippen LogP contribution < -0.4 is 0 Å². The van der Waals surface area contributed by atoms with Crippen LogP contribution in [0.3, 0.4) is 0 Å². The molecular formula is C10H8F2N4O. The van der Waals surface area contributed by atoms with Crippen molar-refractivity contribution in [3.63, 3.8) is 0 Å². The van der Waals surface area contributed by atoms with Crippen LogP contribution in [-0.2, 0) is 13.5 Å². The molecule has 2 aromatic rings. The molecule has 5 nitrogen and oxygen atoms in total. The first kappa shape index (κ1) is 11.3. The van der Waals surface area contributed by atoms with E-state index in [4.69, 9.17) is 0 Å². The second kappa shape index (κ2) is 4.36. The van der Waals surface area contributed by atoms with Gasteiger partial charge in [0.25, 0.3) is 0 Å². The van der Waals surface area contributed by atoms with Crippen molar-refractivity contribution in [1.29, 1.82) is 0 Å². The van der Waals surface area contributed by atoms with Gasteiger partial charge in [-0.2, -0.15) is 4.80 Å². The Bertz CT molecular complexity index is 547. The number of tetrazole rings is 1. The number of benzene rings is 1. The summed E-state index contributed by atoms with van der Waals surface area (Å²) in [5.74, 6) is -2.37. The van der Waals surface area contributed by atoms with Gasteiger partial charge in [-0.25, -0.2) is 8.78 Å². The Hall–Kier alpha value is -2.18. The van der Waals surface area contributed by atoms with Gasteiger partial charge in [-0.05, 0) is 17.3 Å². The summed E-state index contributed by atoms with van der Waals surface area (Å²) in [5, 5.41) is 10.9. The lowest BCUT2D eigenvalue weighted by Crippen LogP contribution is -2.10. The van der Waals surface area contributed by atoms with Gasteiger partial charge < -0.3 is 0 Å². The first-order valence-electron chi connectivity index (χ1n) is 4.78. The van der Waals surface area contributed by atoms with Gasteiger partial charge in [-0.15, -0.1) is 10.2 Å². The minimum Gasteiger partial charge on any atom is -0.293 e. The topological polar surface area (TPSA) is 60.7 Å². The molecule has 1 aromatic carbocycles. The number of aromatic nitrogens is 4. The minimum atomic E-state index is -0.890. The first-order chi connectivity index (χ1) is 8.08. The highest BCUT2D eigenvalue weighted by Gasteiger charge is 2.18. The smallest absolute Gasteiger partial charge is 0.182 e. The van der Waals surface area contributed by atoms with Crippen LogP contribution in [0.2, 0.25) is 0 Å². The SMILES string of the molecule is Cn1nnc(CC(=O)c2c(F)cccc2F)n1. The van der Waals surface area contributed by atoms with E-state index in [2.05, 4.69) is 15.4 Å². The number of aryl methyl sites for hydroxylation is 1. The van der Waals surface area contributed by atoms with Crippen LogP contribution in [0.5, 0.6) is 0 Å². The van der Waals surface area contributed by atoms with Crippen molar-refractivity contribution < 1.29 is 13.6 Å². The van der Waals surface area contributed by atoms with Crippen molar-refractivity contribution in [3.8, 4) is 0 Å². The summed E-state index contributed by atoms with van der Waals surface area (Å²) in [5.41, 5.74) is -0.569. The molecule has 88 valence electrons. The van der Waals surface area contributed by atoms with Crippen LogP contribution in [0.1, 0.15) is 16.2 Å². The number of ketones is 1. The Morgan fingerprint density at radius 1 is 1.35 bits per heavy atom. The molecule has 0 fully saturated rings. The molecule has 0 aliphatic carbocycles. The predicted octanol–water partition coefficient (Wildman–Crippen LogP) is 0.914. The monoisotopic (exact) mass is 238 g/mol. The third-order valence-corrected chi connectivity index (χ3v) is 2.11. The number of hydrogen-bond donors (Lipinski definition) is 0. The third-order valence-electron chi connectivity index (χ3n) is 2.11. The van der Waals surface area contributed by atoms with E-state index in [-0.39, 0.29) is 12.2 Å². The number of hydrogen-bond acceptors (Lipinski definition) is 4. The Labute approximate surface area is 95.1 Å². The molecule has 2 rings (SSSR count). The summed E-state index contributed by atoms with van der Waals surface area (Å²) in [6, 6.07) is 3.25. The molecule has 0 amide bonds. The Balaban J connectivity index is 2.26. The maximum Gasteiger partial charge on any atom is 0.182 e. The molecule has 0 atom stereocenters. The number of nitrogens with zero attached hydrogens (tertiary/aromatic N) is 4. The molecule has 0 bridgehead atoms. The van der Waals surface area contributed by atoms with Crippen LogP contribution in [0, 0.1) is 11.6 Å². The fourth-order valence-electron chi connectivity index (χ4n) is 1.39. The van der Waals surface area contributed by atoms with Gasteiger partial charge in [0.2, 0.25) is 0 Å². The van der Waals surface area contributed by atoms with Gasteiger partial charge in [0.1, 0.15) is 11.6 Å². The molecule has 17 heavy (non-hydrogen) atoms. The summed E-state index contributed by atoms with van der Waals surface area (Å²) in [6.45, 7) is 0. The molecule has 0 aliphatic heterocycles. The number of rotatable bonds is 3. The van der Waals surface area contributed by atoms with Crippen molar-refractivity contribution in [2.45, 2.75) is 6.42 Å². The Kier molecular flexibility index (Phi) is 2.90. The second-order valence-electron chi connectivity index (χ2n) is 3.39. The van der Waals surface area contributed by atoms with Gasteiger partial charge in [0, 0.05) is 0 Å². The van der Waals surface area contributed by atoms with Crippen LogP contribution in [0.4, 0.5) is 8.78 Å². The molecule has 0 N–H and O–H groups in total. The fraction of sp³-hybridized carbons (Fsp3) is 0.200. The van der Waals surface area contributed by atoms with E-state index < -0.39 is 23.0 Å². The van der Waals surface area contributed by atoms with Gasteiger partial charge in [-0.1, -0.05) is 6.07 Å². The van der Waals surface area contributed by atoms with Crippen LogP contribution in [0.15, 0.2) is 18.2 Å². The highest BCUT2D eigenvalue weighted by atomic mass is 19.1. The van der Waals surface area contributed by atoms with Gasteiger partial charge in [-0.3, -0.25) is 4.79 Å². The van der Waals surface area contributed by atoms with E-state index >= 15 is 0 Å².